The van der Waals surface area contributed by atoms with Crippen molar-refractivity contribution in [1.29, 1.82) is 0 Å². The van der Waals surface area contributed by atoms with Crippen LogP contribution in [-0.4, -0.2) is 30.6 Å². The predicted octanol–water partition coefficient (Wildman–Crippen LogP) is 8.32. The molecule has 0 aromatic heterocycles. The van der Waals surface area contributed by atoms with E-state index in [1.165, 1.54) is 57.8 Å². The van der Waals surface area contributed by atoms with Crippen molar-refractivity contribution in [1.82, 2.24) is 0 Å². The first-order valence-electron chi connectivity index (χ1n) is 16.7. The van der Waals surface area contributed by atoms with Crippen molar-refractivity contribution in [3.63, 3.8) is 0 Å². The van der Waals surface area contributed by atoms with Crippen LogP contribution < -0.4 is 0 Å². The number of carbonyl (C=O) groups is 1. The van der Waals surface area contributed by atoms with Crippen molar-refractivity contribution in [2.24, 2.45) is 52.3 Å². The summed E-state index contributed by atoms with van der Waals surface area (Å²) in [5.41, 5.74) is 0.817. The van der Waals surface area contributed by atoms with Gasteiger partial charge in [-0.1, -0.05) is 53.9 Å². The topological polar surface area (TPSA) is 44.8 Å². The highest BCUT2D eigenvalue weighted by molar-refractivity contribution is 5.69. The molecular formula is C34H56O4. The first-order valence-corrected chi connectivity index (χ1v) is 16.7. The van der Waals surface area contributed by atoms with Crippen molar-refractivity contribution in [3.8, 4) is 0 Å². The lowest BCUT2D eigenvalue weighted by Gasteiger charge is -2.61. The summed E-state index contributed by atoms with van der Waals surface area (Å²) in [6.45, 7) is 13.1. The van der Waals surface area contributed by atoms with Crippen molar-refractivity contribution in [2.75, 3.05) is 6.61 Å². The monoisotopic (exact) mass is 528 g/mol. The Morgan fingerprint density at radius 2 is 1.71 bits per heavy atom. The van der Waals surface area contributed by atoms with Gasteiger partial charge in [0.05, 0.1) is 12.7 Å². The smallest absolute Gasteiger partial charge is 0.306 e. The SMILES string of the molecule is CCCCCCC(=O)OC1CCC2(C)C(CCC3C2CCC2(C)C3CC3OC4(CCC(C)CO4)C(C)C32)C1. The van der Waals surface area contributed by atoms with Gasteiger partial charge in [-0.3, -0.25) is 4.79 Å². The van der Waals surface area contributed by atoms with E-state index < -0.39 is 0 Å². The van der Waals surface area contributed by atoms with E-state index in [2.05, 4.69) is 34.6 Å². The number of rotatable bonds is 6. The molecule has 2 heterocycles. The molecule has 6 aliphatic rings. The Labute approximate surface area is 232 Å². The van der Waals surface area contributed by atoms with Crippen molar-refractivity contribution >= 4 is 5.97 Å². The minimum atomic E-state index is -0.303. The van der Waals surface area contributed by atoms with Gasteiger partial charge in [-0.05, 0) is 111 Å². The largest absolute Gasteiger partial charge is 0.462 e. The molecule has 0 amide bonds. The normalized spacial score (nSPS) is 51.7. The molecule has 0 bridgehead atoms. The van der Waals surface area contributed by atoms with Crippen LogP contribution in [0.3, 0.4) is 0 Å². The van der Waals surface area contributed by atoms with Gasteiger partial charge < -0.3 is 14.2 Å². The zero-order chi connectivity index (χ0) is 26.7. The Kier molecular flexibility index (Phi) is 7.50. The van der Waals surface area contributed by atoms with E-state index in [-0.39, 0.29) is 17.9 Å². The Bertz CT molecular complexity index is 863. The minimum Gasteiger partial charge on any atom is -0.462 e. The predicted molar refractivity (Wildman–Crippen MR) is 150 cm³/mol. The second-order valence-electron chi connectivity index (χ2n) is 15.4. The highest BCUT2D eigenvalue weighted by Crippen LogP contribution is 2.71. The quantitative estimate of drug-likeness (QED) is 0.257. The van der Waals surface area contributed by atoms with Crippen LogP contribution >= 0.6 is 0 Å². The number of ether oxygens (including phenoxy) is 3. The van der Waals surface area contributed by atoms with Crippen molar-refractivity contribution in [2.45, 2.75) is 149 Å². The fourth-order valence-electron chi connectivity index (χ4n) is 11.3. The van der Waals surface area contributed by atoms with E-state index in [4.69, 9.17) is 14.2 Å². The fourth-order valence-corrected chi connectivity index (χ4v) is 11.3. The lowest BCUT2D eigenvalue weighted by Crippen LogP contribution is -2.55. The third-order valence-corrected chi connectivity index (χ3v) is 13.4. The fraction of sp³-hybridized carbons (Fsp3) is 0.971. The summed E-state index contributed by atoms with van der Waals surface area (Å²) >= 11 is 0. The molecule has 4 aliphatic carbocycles. The first-order chi connectivity index (χ1) is 18.2. The van der Waals surface area contributed by atoms with Crippen LogP contribution in [0, 0.1) is 52.3 Å². The molecule has 2 aliphatic heterocycles. The molecule has 1 spiro atoms. The molecular weight excluding hydrogens is 472 g/mol. The lowest BCUT2D eigenvalue weighted by atomic mass is 9.44. The molecule has 0 aromatic carbocycles. The molecule has 4 saturated carbocycles. The van der Waals surface area contributed by atoms with E-state index >= 15 is 0 Å². The highest BCUT2D eigenvalue weighted by Gasteiger charge is 2.69. The van der Waals surface area contributed by atoms with Crippen LogP contribution in [-0.2, 0) is 19.0 Å². The summed E-state index contributed by atoms with van der Waals surface area (Å²) in [5.74, 6) is 4.77. The van der Waals surface area contributed by atoms with Crippen molar-refractivity contribution < 1.29 is 19.0 Å². The molecule has 0 radical (unpaired) electrons. The van der Waals surface area contributed by atoms with Gasteiger partial charge in [0.2, 0.25) is 0 Å². The molecule has 4 heteroatoms. The average Bonchev–Trinajstić information content (AvgIpc) is 3.34. The van der Waals surface area contributed by atoms with Gasteiger partial charge in [0, 0.05) is 18.8 Å². The Balaban J connectivity index is 1.10. The zero-order valence-electron chi connectivity index (χ0n) is 25.1. The molecule has 0 aromatic rings. The Morgan fingerprint density at radius 1 is 0.895 bits per heavy atom. The van der Waals surface area contributed by atoms with E-state index in [1.807, 2.05) is 0 Å². The number of fused-ring (bicyclic) bond motifs is 7. The van der Waals surface area contributed by atoms with Gasteiger partial charge in [-0.25, -0.2) is 0 Å². The molecule has 0 N–H and O–H groups in total. The number of carbonyl (C=O) groups excluding carboxylic acids is 1. The van der Waals surface area contributed by atoms with Crippen molar-refractivity contribution in [3.05, 3.63) is 0 Å². The third-order valence-electron chi connectivity index (χ3n) is 13.4. The minimum absolute atomic E-state index is 0.0533. The highest BCUT2D eigenvalue weighted by atomic mass is 16.7. The van der Waals surface area contributed by atoms with Gasteiger partial charge in [0.1, 0.15) is 6.10 Å². The van der Waals surface area contributed by atoms with E-state index in [0.717, 1.165) is 62.4 Å². The molecule has 2 saturated heterocycles. The Morgan fingerprint density at radius 3 is 2.47 bits per heavy atom. The van der Waals surface area contributed by atoms with Gasteiger partial charge in [0.15, 0.2) is 5.79 Å². The maximum Gasteiger partial charge on any atom is 0.306 e. The molecule has 12 unspecified atom stereocenters. The summed E-state index contributed by atoms with van der Waals surface area (Å²) in [4.78, 5) is 12.5. The summed E-state index contributed by atoms with van der Waals surface area (Å²) in [5, 5.41) is 0. The second-order valence-corrected chi connectivity index (χ2v) is 15.4. The van der Waals surface area contributed by atoms with E-state index in [0.29, 0.717) is 41.1 Å². The van der Waals surface area contributed by atoms with E-state index in [9.17, 15) is 4.79 Å². The summed E-state index contributed by atoms with van der Waals surface area (Å²) in [6.07, 6.45) is 18.2. The van der Waals surface area contributed by atoms with Crippen LogP contribution in [0.2, 0.25) is 0 Å². The molecule has 12 atom stereocenters. The Hall–Kier alpha value is -0.610. The van der Waals surface area contributed by atoms with E-state index in [1.54, 1.807) is 0 Å². The summed E-state index contributed by atoms with van der Waals surface area (Å²) in [6, 6.07) is 0. The zero-order valence-corrected chi connectivity index (χ0v) is 25.1. The van der Waals surface area contributed by atoms with Crippen LogP contribution in [0.4, 0.5) is 0 Å². The second kappa shape index (κ2) is 10.3. The number of esters is 1. The van der Waals surface area contributed by atoms with Gasteiger partial charge in [-0.15, -0.1) is 0 Å². The number of hydrogen-bond donors (Lipinski definition) is 0. The van der Waals surface area contributed by atoms with Crippen LogP contribution in [0.25, 0.3) is 0 Å². The number of unbranched alkanes of at least 4 members (excludes halogenated alkanes) is 3. The molecule has 38 heavy (non-hydrogen) atoms. The average molecular weight is 529 g/mol. The molecule has 6 rings (SSSR count). The maximum absolute atomic E-state index is 12.5. The summed E-state index contributed by atoms with van der Waals surface area (Å²) in [7, 11) is 0. The van der Waals surface area contributed by atoms with Crippen LogP contribution in [0.15, 0.2) is 0 Å². The third kappa shape index (κ3) is 4.41. The maximum atomic E-state index is 12.5. The van der Waals surface area contributed by atoms with Gasteiger partial charge in [0.25, 0.3) is 0 Å². The van der Waals surface area contributed by atoms with Crippen LogP contribution in [0.1, 0.15) is 131 Å². The molecule has 4 nitrogen and oxygen atoms in total. The van der Waals surface area contributed by atoms with Gasteiger partial charge in [-0.2, -0.15) is 0 Å². The standard InChI is InChI=1S/C34H56O4/c1-6-7-8-9-10-30(35)37-25-14-16-32(4)24(19-25)11-12-26-27(32)15-17-33(5)28(26)20-29-31(33)23(3)34(38-29)18-13-22(2)21-36-34/h22-29,31H,6-21H2,1-5H3. The number of hydrogen-bond acceptors (Lipinski definition) is 4. The molecule has 216 valence electrons. The van der Waals surface area contributed by atoms with Crippen LogP contribution in [0.5, 0.6) is 0 Å². The van der Waals surface area contributed by atoms with Gasteiger partial charge >= 0.3 is 5.97 Å². The first kappa shape index (κ1) is 27.6. The molecule has 6 fully saturated rings. The lowest BCUT2D eigenvalue weighted by molar-refractivity contribution is -0.273. The summed E-state index contributed by atoms with van der Waals surface area (Å²) < 4.78 is 19.5.